The molecule has 0 saturated carbocycles. The number of carbonyl (C=O) groups excluding carboxylic acids is 1. The second-order valence-corrected chi connectivity index (χ2v) is 5.12. The standard InChI is InChI=1S/C15H18N4O2/c1-11-7-17-19(9-11)5-4-16-8-12-2-3-14-13(6-12)18-15(20)10-21-14/h2-3,6-7,9,16H,4-5,8,10H2,1H3,(H,18,20). The summed E-state index contributed by atoms with van der Waals surface area (Å²) in [4.78, 5) is 11.3. The fourth-order valence-corrected chi connectivity index (χ4v) is 2.26. The molecule has 6 nitrogen and oxygen atoms in total. The fourth-order valence-electron chi connectivity index (χ4n) is 2.26. The summed E-state index contributed by atoms with van der Waals surface area (Å²) in [5.74, 6) is 0.618. The highest BCUT2D eigenvalue weighted by molar-refractivity contribution is 5.95. The van der Waals surface area contributed by atoms with E-state index in [2.05, 4.69) is 15.7 Å². The zero-order chi connectivity index (χ0) is 14.7. The van der Waals surface area contributed by atoms with Crippen LogP contribution in [0.2, 0.25) is 0 Å². The molecule has 0 radical (unpaired) electrons. The number of hydrogen-bond donors (Lipinski definition) is 2. The predicted octanol–water partition coefficient (Wildman–Crippen LogP) is 1.31. The van der Waals surface area contributed by atoms with Crippen LogP contribution >= 0.6 is 0 Å². The van der Waals surface area contributed by atoms with Gasteiger partial charge in [-0.1, -0.05) is 6.07 Å². The van der Waals surface area contributed by atoms with Crippen molar-refractivity contribution in [2.75, 3.05) is 18.5 Å². The number of nitrogens with one attached hydrogen (secondary N) is 2. The molecule has 21 heavy (non-hydrogen) atoms. The Morgan fingerprint density at radius 3 is 3.19 bits per heavy atom. The van der Waals surface area contributed by atoms with Crippen molar-refractivity contribution in [3.05, 3.63) is 41.7 Å². The van der Waals surface area contributed by atoms with Crippen molar-refractivity contribution in [2.24, 2.45) is 0 Å². The van der Waals surface area contributed by atoms with Gasteiger partial charge in [-0.15, -0.1) is 0 Å². The Morgan fingerprint density at radius 2 is 2.38 bits per heavy atom. The summed E-state index contributed by atoms with van der Waals surface area (Å²) >= 11 is 0. The molecule has 1 aromatic heterocycles. The Balaban J connectivity index is 1.51. The van der Waals surface area contributed by atoms with Gasteiger partial charge in [0.15, 0.2) is 6.61 Å². The van der Waals surface area contributed by atoms with Gasteiger partial charge in [-0.05, 0) is 30.2 Å². The number of nitrogens with zero attached hydrogens (tertiary/aromatic N) is 2. The molecule has 0 unspecified atom stereocenters. The van der Waals surface area contributed by atoms with Gasteiger partial charge in [-0.25, -0.2) is 0 Å². The Kier molecular flexibility index (Phi) is 3.87. The van der Waals surface area contributed by atoms with Crippen molar-refractivity contribution < 1.29 is 9.53 Å². The summed E-state index contributed by atoms with van der Waals surface area (Å²) in [5, 5.41) is 10.4. The van der Waals surface area contributed by atoms with Crippen molar-refractivity contribution in [3.8, 4) is 5.75 Å². The maximum absolute atomic E-state index is 11.3. The highest BCUT2D eigenvalue weighted by Gasteiger charge is 2.15. The quantitative estimate of drug-likeness (QED) is 0.813. The van der Waals surface area contributed by atoms with Crippen LogP contribution in [0.3, 0.4) is 0 Å². The highest BCUT2D eigenvalue weighted by atomic mass is 16.5. The molecule has 1 aliphatic rings. The lowest BCUT2D eigenvalue weighted by molar-refractivity contribution is -0.118. The van der Waals surface area contributed by atoms with Crippen LogP contribution in [0.15, 0.2) is 30.6 Å². The second kappa shape index (κ2) is 5.97. The Bertz CT molecular complexity index is 651. The number of anilines is 1. The van der Waals surface area contributed by atoms with Gasteiger partial charge in [0.1, 0.15) is 5.75 Å². The molecule has 2 heterocycles. The van der Waals surface area contributed by atoms with Crippen molar-refractivity contribution in [3.63, 3.8) is 0 Å². The van der Waals surface area contributed by atoms with Gasteiger partial charge in [-0.2, -0.15) is 5.10 Å². The van der Waals surface area contributed by atoms with Gasteiger partial charge in [-0.3, -0.25) is 9.48 Å². The van der Waals surface area contributed by atoms with Gasteiger partial charge in [0, 0.05) is 19.3 Å². The van der Waals surface area contributed by atoms with E-state index in [0.717, 1.165) is 36.6 Å². The number of amides is 1. The first-order chi connectivity index (χ1) is 10.2. The molecule has 3 rings (SSSR count). The molecule has 6 heteroatoms. The number of aryl methyl sites for hydroxylation is 1. The maximum Gasteiger partial charge on any atom is 0.262 e. The Morgan fingerprint density at radius 1 is 1.48 bits per heavy atom. The van der Waals surface area contributed by atoms with E-state index in [1.807, 2.05) is 42.2 Å². The monoisotopic (exact) mass is 286 g/mol. The van der Waals surface area contributed by atoms with E-state index in [9.17, 15) is 4.79 Å². The second-order valence-electron chi connectivity index (χ2n) is 5.12. The number of ether oxygens (including phenoxy) is 1. The third-order valence-corrected chi connectivity index (χ3v) is 3.29. The molecule has 1 amide bonds. The zero-order valence-corrected chi connectivity index (χ0v) is 11.9. The van der Waals surface area contributed by atoms with Crippen LogP contribution in [-0.4, -0.2) is 28.8 Å². The lowest BCUT2D eigenvalue weighted by Crippen LogP contribution is -2.25. The Hall–Kier alpha value is -2.34. The minimum atomic E-state index is -0.110. The van der Waals surface area contributed by atoms with Crippen LogP contribution in [0.1, 0.15) is 11.1 Å². The SMILES string of the molecule is Cc1cnn(CCNCc2ccc3c(c2)NC(=O)CO3)c1. The van der Waals surface area contributed by atoms with Gasteiger partial charge in [0.2, 0.25) is 0 Å². The van der Waals surface area contributed by atoms with Crippen LogP contribution in [0, 0.1) is 6.92 Å². The van der Waals surface area contributed by atoms with Crippen molar-refractivity contribution in [1.82, 2.24) is 15.1 Å². The summed E-state index contributed by atoms with van der Waals surface area (Å²) in [5.41, 5.74) is 3.02. The Labute approximate surface area is 123 Å². The predicted molar refractivity (Wildman–Crippen MR) is 79.2 cm³/mol. The molecule has 0 saturated heterocycles. The third kappa shape index (κ3) is 3.41. The van der Waals surface area contributed by atoms with E-state index >= 15 is 0 Å². The van der Waals surface area contributed by atoms with E-state index in [1.165, 1.54) is 5.56 Å². The first-order valence-electron chi connectivity index (χ1n) is 6.96. The first-order valence-corrected chi connectivity index (χ1v) is 6.96. The van der Waals surface area contributed by atoms with E-state index in [1.54, 1.807) is 0 Å². The van der Waals surface area contributed by atoms with Crippen molar-refractivity contribution in [2.45, 2.75) is 20.0 Å². The molecular weight excluding hydrogens is 268 g/mol. The normalized spacial score (nSPS) is 13.5. The molecule has 1 aromatic carbocycles. The number of fused-ring (bicyclic) bond motifs is 1. The summed E-state index contributed by atoms with van der Waals surface area (Å²) in [7, 11) is 0. The summed E-state index contributed by atoms with van der Waals surface area (Å²) in [6.07, 6.45) is 3.87. The molecule has 0 bridgehead atoms. The molecule has 0 atom stereocenters. The van der Waals surface area contributed by atoms with Crippen LogP contribution in [0.5, 0.6) is 5.75 Å². The highest BCUT2D eigenvalue weighted by Crippen LogP contribution is 2.28. The van der Waals surface area contributed by atoms with E-state index < -0.39 is 0 Å². The molecule has 0 aliphatic carbocycles. The summed E-state index contributed by atoms with van der Waals surface area (Å²) in [6, 6.07) is 5.83. The number of aromatic nitrogens is 2. The minimum Gasteiger partial charge on any atom is -0.482 e. The van der Waals surface area contributed by atoms with E-state index in [0.29, 0.717) is 0 Å². The van der Waals surface area contributed by atoms with E-state index in [-0.39, 0.29) is 12.5 Å². The van der Waals surface area contributed by atoms with Gasteiger partial charge >= 0.3 is 0 Å². The van der Waals surface area contributed by atoms with Crippen molar-refractivity contribution >= 4 is 11.6 Å². The minimum absolute atomic E-state index is 0.0912. The molecule has 0 spiro atoms. The fraction of sp³-hybridized carbons (Fsp3) is 0.333. The number of benzene rings is 1. The lowest BCUT2D eigenvalue weighted by atomic mass is 10.1. The van der Waals surface area contributed by atoms with Crippen LogP contribution < -0.4 is 15.4 Å². The topological polar surface area (TPSA) is 68.2 Å². The van der Waals surface area contributed by atoms with Crippen LogP contribution in [0.4, 0.5) is 5.69 Å². The molecule has 2 aromatic rings. The summed E-state index contributed by atoms with van der Waals surface area (Å²) < 4.78 is 7.25. The molecule has 110 valence electrons. The average molecular weight is 286 g/mol. The number of rotatable bonds is 5. The summed E-state index contributed by atoms with van der Waals surface area (Å²) in [6.45, 7) is 4.53. The maximum atomic E-state index is 11.3. The molecular formula is C15H18N4O2. The third-order valence-electron chi connectivity index (χ3n) is 3.29. The van der Waals surface area contributed by atoms with Crippen molar-refractivity contribution in [1.29, 1.82) is 0 Å². The van der Waals surface area contributed by atoms with Gasteiger partial charge < -0.3 is 15.4 Å². The van der Waals surface area contributed by atoms with Crippen LogP contribution in [-0.2, 0) is 17.9 Å². The zero-order valence-electron chi connectivity index (χ0n) is 11.9. The first kappa shape index (κ1) is 13.6. The van der Waals surface area contributed by atoms with Crippen LogP contribution in [0.25, 0.3) is 0 Å². The number of hydrogen-bond acceptors (Lipinski definition) is 4. The molecule has 0 fully saturated rings. The number of carbonyl (C=O) groups is 1. The van der Waals surface area contributed by atoms with Gasteiger partial charge in [0.05, 0.1) is 18.4 Å². The molecule has 1 aliphatic heterocycles. The largest absolute Gasteiger partial charge is 0.482 e. The molecule has 2 N–H and O–H groups in total. The smallest absolute Gasteiger partial charge is 0.262 e. The van der Waals surface area contributed by atoms with Gasteiger partial charge in [0.25, 0.3) is 5.91 Å². The lowest BCUT2D eigenvalue weighted by Gasteiger charge is -2.18. The van der Waals surface area contributed by atoms with E-state index in [4.69, 9.17) is 4.74 Å². The average Bonchev–Trinajstić information content (AvgIpc) is 2.89.